The number of nitrogens with zero attached hydrogens (tertiary/aromatic N) is 4. The van der Waals surface area contributed by atoms with Gasteiger partial charge in [0.25, 0.3) is 0 Å². The fraction of sp³-hybridized carbons (Fsp3) is 0.188. The molecule has 37 heavy (non-hydrogen) atoms. The van der Waals surface area contributed by atoms with Crippen LogP contribution in [0.15, 0.2) is 91.1 Å². The Morgan fingerprint density at radius 2 is 1.51 bits per heavy atom. The molecule has 6 rings (SSSR count). The molecule has 0 saturated heterocycles. The van der Waals surface area contributed by atoms with Gasteiger partial charge in [-0.1, -0.05) is 45.0 Å². The number of aryl methyl sites for hydroxylation is 2. The molecule has 5 nitrogen and oxygen atoms in total. The van der Waals surface area contributed by atoms with Crippen molar-refractivity contribution >= 4 is 21.8 Å². The molecule has 0 unspecified atom stereocenters. The molecule has 0 aliphatic rings. The molecule has 0 amide bonds. The van der Waals surface area contributed by atoms with Crippen molar-refractivity contribution in [2.75, 3.05) is 0 Å². The van der Waals surface area contributed by atoms with Gasteiger partial charge < -0.3 is 4.74 Å². The van der Waals surface area contributed by atoms with E-state index in [9.17, 15) is 0 Å². The van der Waals surface area contributed by atoms with Crippen LogP contribution in [0, 0.1) is 13.8 Å². The van der Waals surface area contributed by atoms with Crippen LogP contribution in [0.1, 0.15) is 37.7 Å². The minimum absolute atomic E-state index is 0.0421. The summed E-state index contributed by atoms with van der Waals surface area (Å²) < 4.78 is 10.7. The first-order chi connectivity index (χ1) is 17.8. The minimum Gasteiger partial charge on any atom is -0.457 e. The van der Waals surface area contributed by atoms with Crippen LogP contribution >= 0.6 is 0 Å². The zero-order valence-corrected chi connectivity index (χ0v) is 21.9. The smallest absolute Gasteiger partial charge is 0.137 e. The molecule has 5 heteroatoms. The fourth-order valence-corrected chi connectivity index (χ4v) is 4.97. The third-order valence-electron chi connectivity index (χ3n) is 6.77. The first-order valence-electron chi connectivity index (χ1n) is 12.6. The summed E-state index contributed by atoms with van der Waals surface area (Å²) in [5.74, 6) is 2.44. The second kappa shape index (κ2) is 8.63. The highest BCUT2D eigenvalue weighted by Crippen LogP contribution is 2.36. The van der Waals surface area contributed by atoms with E-state index < -0.39 is 0 Å². The quantitative estimate of drug-likeness (QED) is 0.253. The van der Waals surface area contributed by atoms with E-state index in [4.69, 9.17) is 9.84 Å². The Kier molecular flexibility index (Phi) is 5.37. The van der Waals surface area contributed by atoms with Gasteiger partial charge in [-0.2, -0.15) is 5.10 Å². The highest BCUT2D eigenvalue weighted by Gasteiger charge is 2.19. The normalized spacial score (nSPS) is 11.9. The van der Waals surface area contributed by atoms with Crippen molar-refractivity contribution in [3.63, 3.8) is 0 Å². The summed E-state index contributed by atoms with van der Waals surface area (Å²) in [5, 5.41) is 7.07. The van der Waals surface area contributed by atoms with Crippen LogP contribution in [0.5, 0.6) is 11.5 Å². The van der Waals surface area contributed by atoms with Crippen molar-refractivity contribution in [3.05, 3.63) is 108 Å². The summed E-state index contributed by atoms with van der Waals surface area (Å²) in [4.78, 5) is 4.64. The average molecular weight is 487 g/mol. The van der Waals surface area contributed by atoms with Crippen LogP contribution in [0.4, 0.5) is 0 Å². The largest absolute Gasteiger partial charge is 0.457 e. The molecule has 3 aromatic heterocycles. The van der Waals surface area contributed by atoms with Crippen LogP contribution in [-0.4, -0.2) is 19.3 Å². The molecule has 184 valence electrons. The molecule has 3 aromatic carbocycles. The summed E-state index contributed by atoms with van der Waals surface area (Å²) in [6.45, 7) is 10.7. The lowest BCUT2D eigenvalue weighted by molar-refractivity contribution is 0.478. The van der Waals surface area contributed by atoms with Crippen molar-refractivity contribution in [2.45, 2.75) is 40.0 Å². The number of pyridine rings is 1. The lowest BCUT2D eigenvalue weighted by atomic mass is 9.86. The summed E-state index contributed by atoms with van der Waals surface area (Å²) in [7, 11) is 0. The van der Waals surface area contributed by atoms with Gasteiger partial charge in [-0.15, -0.1) is 0 Å². The molecule has 0 N–H and O–H groups in total. The highest BCUT2D eigenvalue weighted by atomic mass is 16.5. The Morgan fingerprint density at radius 1 is 0.730 bits per heavy atom. The van der Waals surface area contributed by atoms with Gasteiger partial charge in [-0.25, -0.2) is 9.67 Å². The second-order valence-electron chi connectivity index (χ2n) is 10.6. The van der Waals surface area contributed by atoms with Crippen molar-refractivity contribution < 1.29 is 4.74 Å². The van der Waals surface area contributed by atoms with Crippen LogP contribution in [-0.2, 0) is 5.41 Å². The molecule has 0 fully saturated rings. The van der Waals surface area contributed by atoms with Crippen LogP contribution < -0.4 is 4.74 Å². The number of aromatic nitrogens is 4. The zero-order chi connectivity index (χ0) is 25.7. The number of benzene rings is 3. The predicted octanol–water partition coefficient (Wildman–Crippen LogP) is 8.07. The Bertz CT molecular complexity index is 1750. The summed E-state index contributed by atoms with van der Waals surface area (Å²) in [6.07, 6.45) is 1.83. The van der Waals surface area contributed by atoms with E-state index in [2.05, 4.69) is 97.9 Å². The highest BCUT2D eigenvalue weighted by molar-refractivity contribution is 6.09. The second-order valence-corrected chi connectivity index (χ2v) is 10.6. The maximum absolute atomic E-state index is 6.54. The molecule has 3 heterocycles. The first-order valence-corrected chi connectivity index (χ1v) is 12.6. The molecule has 0 radical (unpaired) electrons. The van der Waals surface area contributed by atoms with Gasteiger partial charge in [0.1, 0.15) is 17.3 Å². The van der Waals surface area contributed by atoms with E-state index in [-0.39, 0.29) is 5.41 Å². The van der Waals surface area contributed by atoms with Crippen LogP contribution in [0.25, 0.3) is 33.3 Å². The molecule has 6 aromatic rings. The topological polar surface area (TPSA) is 44.9 Å². The summed E-state index contributed by atoms with van der Waals surface area (Å²) in [6, 6.07) is 29.2. The first kappa shape index (κ1) is 23.0. The van der Waals surface area contributed by atoms with Crippen molar-refractivity contribution in [2.24, 2.45) is 0 Å². The maximum Gasteiger partial charge on any atom is 0.137 e. The van der Waals surface area contributed by atoms with Crippen LogP contribution in [0.3, 0.4) is 0 Å². The molecule has 0 spiro atoms. The number of hydrogen-bond donors (Lipinski definition) is 0. The molecule has 0 saturated carbocycles. The Morgan fingerprint density at radius 3 is 2.24 bits per heavy atom. The van der Waals surface area contributed by atoms with Gasteiger partial charge in [0, 0.05) is 34.8 Å². The Labute approximate surface area is 217 Å². The Balaban J connectivity index is 1.50. The van der Waals surface area contributed by atoms with E-state index in [1.807, 2.05) is 42.1 Å². The maximum atomic E-state index is 6.54. The van der Waals surface area contributed by atoms with E-state index >= 15 is 0 Å². The lowest BCUT2D eigenvalue weighted by Gasteiger charge is -2.21. The van der Waals surface area contributed by atoms with Crippen molar-refractivity contribution in [3.8, 4) is 23.0 Å². The van der Waals surface area contributed by atoms with E-state index in [1.54, 1.807) is 0 Å². The number of fused-ring (bicyclic) bond motifs is 3. The van der Waals surface area contributed by atoms with E-state index in [0.29, 0.717) is 0 Å². The average Bonchev–Trinajstić information content (AvgIpc) is 3.39. The molecule has 0 aliphatic carbocycles. The SMILES string of the molecule is Cc1cc(C)n(-c2cc(Oc3ccc4c5ccccc5n(-c5ccccn5)c4c3)cc(C(C)(C)C)c2)n1. The molecule has 0 bridgehead atoms. The van der Waals surface area contributed by atoms with E-state index in [1.165, 1.54) is 16.3 Å². The molecular formula is C32H30N4O. The van der Waals surface area contributed by atoms with Gasteiger partial charge in [0.2, 0.25) is 0 Å². The van der Waals surface area contributed by atoms with Gasteiger partial charge in [0.05, 0.1) is 22.4 Å². The monoisotopic (exact) mass is 486 g/mol. The van der Waals surface area contributed by atoms with Crippen LogP contribution in [0.2, 0.25) is 0 Å². The van der Waals surface area contributed by atoms with Crippen molar-refractivity contribution in [1.82, 2.24) is 19.3 Å². The van der Waals surface area contributed by atoms with Gasteiger partial charge >= 0.3 is 0 Å². The number of ether oxygens (including phenoxy) is 1. The van der Waals surface area contributed by atoms with Gasteiger partial charge in [0.15, 0.2) is 0 Å². The Hall–Kier alpha value is -4.38. The van der Waals surface area contributed by atoms with Gasteiger partial charge in [-0.3, -0.25) is 4.57 Å². The number of hydrogen-bond acceptors (Lipinski definition) is 3. The number of para-hydroxylation sites is 1. The fourth-order valence-electron chi connectivity index (χ4n) is 4.97. The number of rotatable bonds is 4. The van der Waals surface area contributed by atoms with Gasteiger partial charge in [-0.05, 0) is 73.4 Å². The zero-order valence-electron chi connectivity index (χ0n) is 21.9. The lowest BCUT2D eigenvalue weighted by Crippen LogP contribution is -2.12. The molecular weight excluding hydrogens is 456 g/mol. The summed E-state index contributed by atoms with van der Waals surface area (Å²) in [5.41, 5.74) is 6.41. The predicted molar refractivity (Wildman–Crippen MR) is 150 cm³/mol. The molecule has 0 atom stereocenters. The van der Waals surface area contributed by atoms with E-state index in [0.717, 1.165) is 45.4 Å². The minimum atomic E-state index is -0.0421. The third-order valence-corrected chi connectivity index (χ3v) is 6.77. The summed E-state index contributed by atoms with van der Waals surface area (Å²) >= 11 is 0. The third kappa shape index (κ3) is 4.16. The molecule has 0 aliphatic heterocycles. The standard InChI is InChI=1S/C32H30N4O/c1-21-16-22(2)36(34-21)24-17-23(32(3,4)5)18-26(19-24)37-25-13-14-28-27-10-6-7-11-29(27)35(30(28)20-25)31-12-8-9-15-33-31/h6-20H,1-5H3. The van der Waals surface area contributed by atoms with Crippen molar-refractivity contribution in [1.29, 1.82) is 0 Å².